The lowest BCUT2D eigenvalue weighted by Crippen LogP contribution is -2.27. The summed E-state index contributed by atoms with van der Waals surface area (Å²) in [6.45, 7) is -3.52. The molecule has 2 aromatic carbocycles. The molecule has 1 aliphatic rings. The molecule has 0 spiro atoms. The molecule has 1 aliphatic heterocycles. The highest BCUT2D eigenvalue weighted by molar-refractivity contribution is 6.07. The number of nitrogens with zero attached hydrogens (tertiary/aromatic N) is 1. The first-order valence-electron chi connectivity index (χ1n) is 8.36. The van der Waals surface area contributed by atoms with E-state index in [2.05, 4.69) is 4.74 Å². The number of alkyl halides is 2. The Balaban J connectivity index is 1.77. The first-order valence-corrected chi connectivity index (χ1v) is 8.36. The number of anilines is 1. The van der Waals surface area contributed by atoms with Gasteiger partial charge in [0.05, 0.1) is 6.61 Å². The molecule has 0 fully saturated rings. The largest absolute Gasteiger partial charge is 0.487 e. The fourth-order valence-electron chi connectivity index (χ4n) is 2.58. The predicted molar refractivity (Wildman–Crippen MR) is 93.1 cm³/mol. The van der Waals surface area contributed by atoms with Crippen LogP contribution in [0.25, 0.3) is 0 Å². The molecule has 1 N–H and O–H groups in total. The third kappa shape index (κ3) is 4.77. The summed E-state index contributed by atoms with van der Waals surface area (Å²) in [5.74, 6) is -3.33. The van der Waals surface area contributed by atoms with E-state index in [9.17, 15) is 22.4 Å². The van der Waals surface area contributed by atoms with E-state index in [1.165, 1.54) is 29.2 Å². The van der Waals surface area contributed by atoms with Gasteiger partial charge in [-0.25, -0.2) is 8.78 Å². The number of ether oxygens (including phenoxy) is 3. The van der Waals surface area contributed by atoms with Crippen LogP contribution in [-0.2, 0) is 4.79 Å². The Morgan fingerprint density at radius 3 is 2.55 bits per heavy atom. The number of aliphatic hydroxyl groups is 1. The summed E-state index contributed by atoms with van der Waals surface area (Å²) >= 11 is 0. The van der Waals surface area contributed by atoms with Gasteiger partial charge in [0.15, 0.2) is 28.9 Å². The van der Waals surface area contributed by atoms with E-state index >= 15 is 0 Å². The lowest BCUT2D eigenvalue weighted by Gasteiger charge is -2.19. The van der Waals surface area contributed by atoms with Crippen molar-refractivity contribution in [1.82, 2.24) is 0 Å². The van der Waals surface area contributed by atoms with Crippen LogP contribution in [0.1, 0.15) is 0 Å². The lowest BCUT2D eigenvalue weighted by atomic mass is 10.2. The zero-order valence-electron chi connectivity index (χ0n) is 14.8. The Labute approximate surface area is 162 Å². The van der Waals surface area contributed by atoms with Crippen molar-refractivity contribution >= 4 is 11.6 Å². The molecule has 10 heteroatoms. The topological polar surface area (TPSA) is 68.2 Å². The molecule has 2 aromatic rings. The number of carbonyl (C=O) groups is 1. The highest BCUT2D eigenvalue weighted by atomic mass is 19.3. The first-order chi connectivity index (χ1) is 13.9. The smallest absolute Gasteiger partial charge is 0.387 e. The molecule has 1 amide bonds. The van der Waals surface area contributed by atoms with Crippen LogP contribution in [0.15, 0.2) is 48.2 Å². The molecule has 0 bridgehead atoms. The number of hydrogen-bond donors (Lipinski definition) is 1. The van der Waals surface area contributed by atoms with Crippen molar-refractivity contribution < 1.29 is 41.7 Å². The highest BCUT2D eigenvalue weighted by Crippen LogP contribution is 2.35. The van der Waals surface area contributed by atoms with Crippen LogP contribution >= 0.6 is 0 Å². The van der Waals surface area contributed by atoms with E-state index < -0.39 is 24.2 Å². The standard InChI is InChI=1S/C19H15F4NO5/c20-13-3-2-12(10-14(13)21)28-16-5-6-24(18(16)26)11-1-4-15(27-8-7-25)17(9-11)29-19(22)23/h1-5,9-10,19,25H,6-8H2. The second kappa shape index (κ2) is 8.82. The summed E-state index contributed by atoms with van der Waals surface area (Å²) in [6, 6.07) is 6.78. The molecule has 0 atom stereocenters. The van der Waals surface area contributed by atoms with Crippen molar-refractivity contribution in [3.05, 3.63) is 59.9 Å². The minimum absolute atomic E-state index is 0.0269. The lowest BCUT2D eigenvalue weighted by molar-refractivity contribution is -0.116. The van der Waals surface area contributed by atoms with E-state index in [0.29, 0.717) is 0 Å². The fourth-order valence-corrected chi connectivity index (χ4v) is 2.58. The molecule has 29 heavy (non-hydrogen) atoms. The number of halogens is 4. The molecule has 0 unspecified atom stereocenters. The Kier molecular flexibility index (Phi) is 6.23. The number of carbonyl (C=O) groups excluding carboxylic acids is 1. The van der Waals surface area contributed by atoms with E-state index in [1.807, 2.05) is 0 Å². The second-order valence-electron chi connectivity index (χ2n) is 5.74. The van der Waals surface area contributed by atoms with Gasteiger partial charge in [0.1, 0.15) is 12.4 Å². The van der Waals surface area contributed by atoms with Gasteiger partial charge in [-0.2, -0.15) is 8.78 Å². The third-order valence-corrected chi connectivity index (χ3v) is 3.84. The zero-order chi connectivity index (χ0) is 21.0. The van der Waals surface area contributed by atoms with Crippen molar-refractivity contribution in [2.24, 2.45) is 0 Å². The van der Waals surface area contributed by atoms with Crippen LogP contribution in [0.5, 0.6) is 17.2 Å². The van der Waals surface area contributed by atoms with Crippen LogP contribution in [0, 0.1) is 11.6 Å². The molecule has 3 rings (SSSR count). The summed E-state index contributed by atoms with van der Waals surface area (Å²) in [7, 11) is 0. The van der Waals surface area contributed by atoms with Crippen molar-refractivity contribution in [3.63, 3.8) is 0 Å². The van der Waals surface area contributed by atoms with Gasteiger partial charge in [-0.3, -0.25) is 4.79 Å². The molecule has 0 saturated carbocycles. The monoisotopic (exact) mass is 413 g/mol. The van der Waals surface area contributed by atoms with E-state index in [0.717, 1.165) is 18.2 Å². The predicted octanol–water partition coefficient (Wildman–Crippen LogP) is 3.25. The number of benzene rings is 2. The van der Waals surface area contributed by atoms with Gasteiger partial charge in [0.2, 0.25) is 0 Å². The van der Waals surface area contributed by atoms with Gasteiger partial charge < -0.3 is 24.2 Å². The molecule has 0 aromatic heterocycles. The van der Waals surface area contributed by atoms with Crippen LogP contribution in [0.3, 0.4) is 0 Å². The van der Waals surface area contributed by atoms with Crippen LogP contribution in [0.4, 0.5) is 23.2 Å². The molecule has 154 valence electrons. The Bertz CT molecular complexity index is 935. The number of rotatable bonds is 8. The van der Waals surface area contributed by atoms with Crippen LogP contribution < -0.4 is 19.1 Å². The maximum atomic E-state index is 13.3. The Hall–Kier alpha value is -3.27. The highest BCUT2D eigenvalue weighted by Gasteiger charge is 2.28. The minimum atomic E-state index is -3.12. The number of amides is 1. The molecule has 0 aliphatic carbocycles. The minimum Gasteiger partial charge on any atom is -0.487 e. The molecular weight excluding hydrogens is 398 g/mol. The molecular formula is C19H15F4NO5. The zero-order valence-corrected chi connectivity index (χ0v) is 14.8. The van der Waals surface area contributed by atoms with Crippen LogP contribution in [-0.4, -0.2) is 37.4 Å². The third-order valence-electron chi connectivity index (χ3n) is 3.84. The van der Waals surface area contributed by atoms with E-state index in [-0.39, 0.29) is 48.5 Å². The maximum absolute atomic E-state index is 13.3. The average molecular weight is 413 g/mol. The average Bonchev–Trinajstić information content (AvgIpc) is 3.03. The SMILES string of the molecule is O=C1C(Oc2ccc(F)c(F)c2)=CCN1c1ccc(OCCO)c(OC(F)F)c1. The van der Waals surface area contributed by atoms with E-state index in [1.54, 1.807) is 0 Å². The Morgan fingerprint density at radius 1 is 1.07 bits per heavy atom. The second-order valence-corrected chi connectivity index (χ2v) is 5.74. The molecule has 6 nitrogen and oxygen atoms in total. The molecule has 0 saturated heterocycles. The van der Waals surface area contributed by atoms with Gasteiger partial charge >= 0.3 is 6.61 Å². The summed E-state index contributed by atoms with van der Waals surface area (Å²) in [5.41, 5.74) is 0.224. The van der Waals surface area contributed by atoms with Crippen molar-refractivity contribution in [3.8, 4) is 17.2 Å². The van der Waals surface area contributed by atoms with Gasteiger partial charge in [0.25, 0.3) is 5.91 Å². The summed E-state index contributed by atoms with van der Waals surface area (Å²) < 4.78 is 66.5. The number of hydrogen-bond acceptors (Lipinski definition) is 5. The van der Waals surface area contributed by atoms with Crippen molar-refractivity contribution in [2.45, 2.75) is 6.61 Å². The van der Waals surface area contributed by atoms with Crippen LogP contribution in [0.2, 0.25) is 0 Å². The van der Waals surface area contributed by atoms with Crippen molar-refractivity contribution in [2.75, 3.05) is 24.7 Å². The summed E-state index contributed by atoms with van der Waals surface area (Å²) in [4.78, 5) is 13.8. The normalized spacial score (nSPS) is 13.7. The van der Waals surface area contributed by atoms with Gasteiger partial charge in [-0.15, -0.1) is 0 Å². The van der Waals surface area contributed by atoms with E-state index in [4.69, 9.17) is 14.6 Å². The van der Waals surface area contributed by atoms with Gasteiger partial charge in [0, 0.05) is 24.4 Å². The van der Waals surface area contributed by atoms with Crippen molar-refractivity contribution in [1.29, 1.82) is 0 Å². The fraction of sp³-hybridized carbons (Fsp3) is 0.211. The number of aliphatic hydroxyl groups excluding tert-OH is 1. The van der Waals surface area contributed by atoms with Gasteiger partial charge in [-0.05, 0) is 30.3 Å². The quantitative estimate of drug-likeness (QED) is 0.673. The summed E-state index contributed by atoms with van der Waals surface area (Å²) in [6.07, 6.45) is 1.41. The molecule has 1 heterocycles. The summed E-state index contributed by atoms with van der Waals surface area (Å²) in [5, 5.41) is 8.81. The Morgan fingerprint density at radius 2 is 1.86 bits per heavy atom. The first kappa shape index (κ1) is 20.5. The maximum Gasteiger partial charge on any atom is 0.387 e. The molecule has 0 radical (unpaired) electrons. The van der Waals surface area contributed by atoms with Gasteiger partial charge in [-0.1, -0.05) is 0 Å².